The molecule has 2 amide bonds. The van der Waals surface area contributed by atoms with E-state index in [4.69, 9.17) is 15.6 Å². The van der Waals surface area contributed by atoms with E-state index < -0.39 is 18.0 Å². The number of carbonyl (C=O) groups is 2. The maximum Gasteiger partial charge on any atom is 0.405 e. The second-order valence-electron chi connectivity index (χ2n) is 6.16. The van der Waals surface area contributed by atoms with Crippen LogP contribution in [0.4, 0.5) is 4.79 Å². The van der Waals surface area contributed by atoms with Crippen LogP contribution in [0.2, 0.25) is 0 Å². The molecule has 6 nitrogen and oxygen atoms in total. The summed E-state index contributed by atoms with van der Waals surface area (Å²) >= 11 is 0. The molecule has 0 saturated heterocycles. The molecule has 1 aromatic carbocycles. The van der Waals surface area contributed by atoms with E-state index in [0.29, 0.717) is 12.8 Å². The minimum atomic E-state index is -1.24. The Bertz CT molecular complexity index is 506. The minimum Gasteiger partial charge on any atom is -0.488 e. The Hall–Kier alpha value is -2.24. The molecular formula is C16H24N2O4. The number of benzene rings is 1. The first kappa shape index (κ1) is 17.8. The molecule has 0 aliphatic carbocycles. The molecule has 22 heavy (non-hydrogen) atoms. The van der Waals surface area contributed by atoms with Gasteiger partial charge in [-0.25, -0.2) is 4.79 Å². The van der Waals surface area contributed by atoms with Crippen molar-refractivity contribution in [3.05, 3.63) is 29.8 Å². The van der Waals surface area contributed by atoms with Crippen LogP contribution in [0.25, 0.3) is 0 Å². The third kappa shape index (κ3) is 6.97. The van der Waals surface area contributed by atoms with Crippen LogP contribution >= 0.6 is 0 Å². The number of nitrogens with one attached hydrogen (secondary N) is 1. The molecule has 0 fully saturated rings. The molecule has 6 heteroatoms. The van der Waals surface area contributed by atoms with Crippen LogP contribution in [-0.2, 0) is 11.2 Å². The Kier molecular flexibility index (Phi) is 6.22. The highest BCUT2D eigenvalue weighted by Gasteiger charge is 2.17. The van der Waals surface area contributed by atoms with E-state index in [-0.39, 0.29) is 5.60 Å². The Morgan fingerprint density at radius 2 is 1.86 bits per heavy atom. The normalized spacial score (nSPS) is 12.5. The Morgan fingerprint density at radius 1 is 1.27 bits per heavy atom. The van der Waals surface area contributed by atoms with Crippen LogP contribution in [0.5, 0.6) is 5.75 Å². The summed E-state index contributed by atoms with van der Waals surface area (Å²) in [5.41, 5.74) is 6.02. The highest BCUT2D eigenvalue weighted by molar-refractivity contribution is 5.83. The van der Waals surface area contributed by atoms with Gasteiger partial charge in [-0.1, -0.05) is 12.1 Å². The van der Waals surface area contributed by atoms with E-state index in [2.05, 4.69) is 5.32 Å². The first-order valence-electron chi connectivity index (χ1n) is 7.24. The fourth-order valence-corrected chi connectivity index (χ4v) is 2.02. The lowest BCUT2D eigenvalue weighted by molar-refractivity contribution is -0.120. The Labute approximate surface area is 130 Å². The third-order valence-electron chi connectivity index (χ3n) is 2.95. The number of carbonyl (C=O) groups excluding carboxylic acids is 1. The molecule has 1 aromatic rings. The summed E-state index contributed by atoms with van der Waals surface area (Å²) in [6, 6.07) is 6.89. The number of carboxylic acid groups (broad SMARTS) is 1. The molecule has 0 spiro atoms. The summed E-state index contributed by atoms with van der Waals surface area (Å²) in [7, 11) is 0. The smallest absolute Gasteiger partial charge is 0.405 e. The summed E-state index contributed by atoms with van der Waals surface area (Å²) < 4.78 is 5.74. The number of nitrogens with two attached hydrogens (primary N) is 1. The molecule has 0 bridgehead atoms. The van der Waals surface area contributed by atoms with Gasteiger partial charge in [0.2, 0.25) is 5.91 Å². The summed E-state index contributed by atoms with van der Waals surface area (Å²) in [4.78, 5) is 21.7. The van der Waals surface area contributed by atoms with E-state index in [1.54, 1.807) is 0 Å². The maximum atomic E-state index is 11.1. The molecule has 122 valence electrons. The van der Waals surface area contributed by atoms with Gasteiger partial charge in [0, 0.05) is 0 Å². The van der Waals surface area contributed by atoms with Gasteiger partial charge >= 0.3 is 6.09 Å². The van der Waals surface area contributed by atoms with Gasteiger partial charge in [-0.3, -0.25) is 4.79 Å². The molecule has 4 N–H and O–H groups in total. The number of primary amides is 1. The topological polar surface area (TPSA) is 102 Å². The van der Waals surface area contributed by atoms with Crippen molar-refractivity contribution in [3.63, 3.8) is 0 Å². The van der Waals surface area contributed by atoms with E-state index in [1.165, 1.54) is 0 Å². The van der Waals surface area contributed by atoms with E-state index in [0.717, 1.165) is 17.7 Å². The van der Waals surface area contributed by atoms with Gasteiger partial charge in [-0.15, -0.1) is 0 Å². The van der Waals surface area contributed by atoms with Crippen LogP contribution in [0.1, 0.15) is 39.2 Å². The van der Waals surface area contributed by atoms with E-state index in [9.17, 15) is 9.59 Å². The number of hydrogen-bond donors (Lipinski definition) is 3. The van der Waals surface area contributed by atoms with Crippen LogP contribution in [0.3, 0.4) is 0 Å². The predicted molar refractivity (Wildman–Crippen MR) is 83.9 cm³/mol. The maximum absolute atomic E-state index is 11.1. The van der Waals surface area contributed by atoms with Crippen molar-refractivity contribution < 1.29 is 19.4 Å². The molecule has 0 aliphatic rings. The molecule has 0 aromatic heterocycles. The van der Waals surface area contributed by atoms with E-state index >= 15 is 0 Å². The molecule has 0 radical (unpaired) electrons. The van der Waals surface area contributed by atoms with Gasteiger partial charge in [-0.2, -0.15) is 0 Å². The van der Waals surface area contributed by atoms with Crippen LogP contribution < -0.4 is 15.8 Å². The van der Waals surface area contributed by atoms with E-state index in [1.807, 2.05) is 45.0 Å². The molecule has 0 heterocycles. The molecule has 1 unspecified atom stereocenters. The summed E-state index contributed by atoms with van der Waals surface area (Å²) in [6.45, 7) is 5.96. The van der Waals surface area contributed by atoms with Gasteiger partial charge in [0.15, 0.2) is 0 Å². The van der Waals surface area contributed by atoms with Gasteiger partial charge < -0.3 is 20.9 Å². The molecule has 0 aliphatic heterocycles. The van der Waals surface area contributed by atoms with Crippen LogP contribution in [0, 0.1) is 0 Å². The fraction of sp³-hybridized carbons (Fsp3) is 0.500. The third-order valence-corrected chi connectivity index (χ3v) is 2.95. The summed E-state index contributed by atoms with van der Waals surface area (Å²) in [5, 5.41) is 10.8. The first-order valence-corrected chi connectivity index (χ1v) is 7.24. The largest absolute Gasteiger partial charge is 0.488 e. The van der Waals surface area contributed by atoms with Crippen molar-refractivity contribution in [1.82, 2.24) is 5.32 Å². The van der Waals surface area contributed by atoms with Gasteiger partial charge in [-0.05, 0) is 57.7 Å². The average molecular weight is 308 g/mol. The SMILES string of the molecule is CC(C)(C)Oc1ccc(CCCC(NC(=O)O)C(N)=O)cc1. The van der Waals surface area contributed by atoms with Crippen molar-refractivity contribution in [3.8, 4) is 5.75 Å². The lowest BCUT2D eigenvalue weighted by Gasteiger charge is -2.21. The van der Waals surface area contributed by atoms with Crippen molar-refractivity contribution in [2.75, 3.05) is 0 Å². The zero-order valence-corrected chi connectivity index (χ0v) is 13.3. The highest BCUT2D eigenvalue weighted by atomic mass is 16.5. The standard InChI is InChI=1S/C16H24N2O4/c1-16(2,3)22-12-9-7-11(8-10-12)5-4-6-13(14(17)19)18-15(20)21/h7-10,13,18H,4-6H2,1-3H3,(H2,17,19)(H,20,21). The summed E-state index contributed by atoms with van der Waals surface area (Å²) in [6.07, 6.45) is 0.531. The number of amides is 2. The average Bonchev–Trinajstić information content (AvgIpc) is 2.37. The van der Waals surface area contributed by atoms with Crippen LogP contribution in [0.15, 0.2) is 24.3 Å². The highest BCUT2D eigenvalue weighted by Crippen LogP contribution is 2.19. The second kappa shape index (κ2) is 7.68. The summed E-state index contributed by atoms with van der Waals surface area (Å²) in [5.74, 6) is 0.148. The van der Waals surface area contributed by atoms with Crippen LogP contribution in [-0.4, -0.2) is 28.7 Å². The number of hydrogen-bond acceptors (Lipinski definition) is 3. The Morgan fingerprint density at radius 3 is 2.32 bits per heavy atom. The van der Waals surface area contributed by atoms with Crippen molar-refractivity contribution in [2.24, 2.45) is 5.73 Å². The minimum absolute atomic E-state index is 0.237. The zero-order chi connectivity index (χ0) is 16.8. The lowest BCUT2D eigenvalue weighted by atomic mass is 10.0. The number of aryl methyl sites for hydroxylation is 1. The van der Waals surface area contributed by atoms with Gasteiger partial charge in [0.05, 0.1) is 0 Å². The van der Waals surface area contributed by atoms with Gasteiger partial charge in [0.1, 0.15) is 17.4 Å². The number of ether oxygens (including phenoxy) is 1. The number of rotatable bonds is 7. The zero-order valence-electron chi connectivity index (χ0n) is 13.3. The van der Waals surface area contributed by atoms with Gasteiger partial charge in [0.25, 0.3) is 0 Å². The monoisotopic (exact) mass is 308 g/mol. The van der Waals surface area contributed by atoms with Crippen molar-refractivity contribution in [2.45, 2.75) is 51.7 Å². The molecule has 1 rings (SSSR count). The second-order valence-corrected chi connectivity index (χ2v) is 6.16. The predicted octanol–water partition coefficient (Wildman–Crippen LogP) is 2.31. The molecule has 0 saturated carbocycles. The lowest BCUT2D eigenvalue weighted by Crippen LogP contribution is -2.43. The first-order chi connectivity index (χ1) is 10.2. The fourth-order valence-electron chi connectivity index (χ4n) is 2.02. The molecular weight excluding hydrogens is 284 g/mol. The molecule has 1 atom stereocenters. The Balaban J connectivity index is 2.47. The quantitative estimate of drug-likeness (QED) is 0.719. The van der Waals surface area contributed by atoms with Crippen molar-refractivity contribution in [1.29, 1.82) is 0 Å². The van der Waals surface area contributed by atoms with Crippen molar-refractivity contribution >= 4 is 12.0 Å².